The number of rotatable bonds is 7. The Bertz CT molecular complexity index is 745. The molecule has 0 saturated heterocycles. The summed E-state index contributed by atoms with van der Waals surface area (Å²) >= 11 is 2.98. The van der Waals surface area contributed by atoms with Gasteiger partial charge < -0.3 is 5.32 Å². The predicted molar refractivity (Wildman–Crippen MR) is 100 cm³/mol. The Kier molecular flexibility index (Phi) is 6.42. The topological polar surface area (TPSA) is 78.7 Å². The van der Waals surface area contributed by atoms with Crippen LogP contribution in [0, 0.1) is 17.2 Å². The van der Waals surface area contributed by atoms with Gasteiger partial charge in [-0.1, -0.05) is 60.9 Å². The quantitative estimate of drug-likeness (QED) is 0.567. The zero-order chi connectivity index (χ0) is 17.5. The Morgan fingerprint density at radius 2 is 2.04 bits per heavy atom. The molecule has 1 aliphatic rings. The van der Waals surface area contributed by atoms with Crippen molar-refractivity contribution in [3.8, 4) is 6.07 Å². The summed E-state index contributed by atoms with van der Waals surface area (Å²) < 4.78 is 0.829. The number of benzene rings is 1. The lowest BCUT2D eigenvalue weighted by Gasteiger charge is -2.07. The molecule has 0 atom stereocenters. The number of amides is 1. The molecule has 0 radical (unpaired) electrons. The van der Waals surface area contributed by atoms with Crippen LogP contribution in [0.25, 0.3) is 0 Å². The molecule has 1 aromatic carbocycles. The zero-order valence-corrected chi connectivity index (χ0v) is 15.5. The van der Waals surface area contributed by atoms with E-state index >= 15 is 0 Å². The van der Waals surface area contributed by atoms with Gasteiger partial charge in [-0.15, -0.1) is 10.2 Å². The van der Waals surface area contributed by atoms with Gasteiger partial charge in [0.25, 0.3) is 0 Å². The van der Waals surface area contributed by atoms with Crippen LogP contribution in [-0.4, -0.2) is 16.1 Å². The van der Waals surface area contributed by atoms with E-state index in [1.165, 1.54) is 37.0 Å². The molecule has 1 N–H and O–H groups in total. The molecule has 7 heteroatoms. The molecule has 1 heterocycles. The minimum absolute atomic E-state index is 0.0340. The number of hydrogen-bond acceptors (Lipinski definition) is 6. The SMILES string of the molecule is N#Cc1ccc(CSc2nnc(NC(=O)CCC3CCCC3)s2)cc1. The van der Waals surface area contributed by atoms with E-state index in [9.17, 15) is 4.79 Å². The average Bonchev–Trinajstić information content (AvgIpc) is 3.30. The molecule has 1 saturated carbocycles. The van der Waals surface area contributed by atoms with Gasteiger partial charge in [-0.3, -0.25) is 4.79 Å². The molecule has 3 rings (SSSR count). The maximum Gasteiger partial charge on any atom is 0.226 e. The van der Waals surface area contributed by atoms with E-state index in [-0.39, 0.29) is 5.91 Å². The number of carbonyl (C=O) groups is 1. The number of nitriles is 1. The fraction of sp³-hybridized carbons (Fsp3) is 0.444. The molecule has 2 aromatic rings. The van der Waals surface area contributed by atoms with Gasteiger partial charge in [0.05, 0.1) is 11.6 Å². The van der Waals surface area contributed by atoms with Crippen molar-refractivity contribution < 1.29 is 4.79 Å². The van der Waals surface area contributed by atoms with E-state index < -0.39 is 0 Å². The number of anilines is 1. The number of nitrogens with one attached hydrogen (secondary N) is 1. The number of nitrogens with zero attached hydrogens (tertiary/aromatic N) is 3. The maximum atomic E-state index is 12.0. The molecule has 1 aromatic heterocycles. The highest BCUT2D eigenvalue weighted by Gasteiger charge is 2.16. The number of carbonyl (C=O) groups excluding carboxylic acids is 1. The highest BCUT2D eigenvalue weighted by Crippen LogP contribution is 2.30. The molecular formula is C18H20N4OS2. The largest absolute Gasteiger partial charge is 0.301 e. The first-order chi connectivity index (χ1) is 12.2. The standard InChI is InChI=1S/C18H20N4OS2/c19-11-14-5-7-15(8-6-14)12-24-18-22-21-17(25-18)20-16(23)10-9-13-3-1-2-4-13/h5-8,13H,1-4,9-10,12H2,(H,20,21,23). The maximum absolute atomic E-state index is 12.0. The Labute approximate surface area is 155 Å². The Morgan fingerprint density at radius 3 is 2.76 bits per heavy atom. The van der Waals surface area contributed by atoms with E-state index in [0.717, 1.165) is 28.0 Å². The first-order valence-corrected chi connectivity index (χ1v) is 10.3. The summed E-state index contributed by atoms with van der Waals surface area (Å²) in [5.41, 5.74) is 1.79. The van der Waals surface area contributed by atoms with Gasteiger partial charge >= 0.3 is 0 Å². The molecule has 0 bridgehead atoms. The van der Waals surface area contributed by atoms with Crippen molar-refractivity contribution in [3.63, 3.8) is 0 Å². The lowest BCUT2D eigenvalue weighted by molar-refractivity contribution is -0.116. The van der Waals surface area contributed by atoms with Crippen LogP contribution in [0.2, 0.25) is 0 Å². The van der Waals surface area contributed by atoms with E-state index in [2.05, 4.69) is 21.6 Å². The van der Waals surface area contributed by atoms with Crippen molar-refractivity contribution in [3.05, 3.63) is 35.4 Å². The second-order valence-corrected chi connectivity index (χ2v) is 8.41. The minimum Gasteiger partial charge on any atom is -0.301 e. The summed E-state index contributed by atoms with van der Waals surface area (Å²) in [5.74, 6) is 1.51. The molecule has 5 nitrogen and oxygen atoms in total. The summed E-state index contributed by atoms with van der Waals surface area (Å²) in [5, 5.41) is 20.4. The Balaban J connectivity index is 1.43. The minimum atomic E-state index is 0.0340. The first-order valence-electron chi connectivity index (χ1n) is 8.48. The van der Waals surface area contributed by atoms with E-state index in [1.54, 1.807) is 11.8 Å². The van der Waals surface area contributed by atoms with Gasteiger partial charge in [-0.2, -0.15) is 5.26 Å². The first kappa shape index (κ1) is 17.9. The van der Waals surface area contributed by atoms with Crippen molar-refractivity contribution in [1.82, 2.24) is 10.2 Å². The molecule has 0 aliphatic heterocycles. The molecule has 0 spiro atoms. The highest BCUT2D eigenvalue weighted by molar-refractivity contribution is 8.00. The van der Waals surface area contributed by atoms with Gasteiger partial charge in [-0.05, 0) is 30.0 Å². The zero-order valence-electron chi connectivity index (χ0n) is 13.9. The Hall–Kier alpha value is -1.91. The van der Waals surface area contributed by atoms with Crippen LogP contribution in [-0.2, 0) is 10.5 Å². The molecular weight excluding hydrogens is 352 g/mol. The third kappa shape index (κ3) is 5.55. The van der Waals surface area contributed by atoms with E-state index in [0.29, 0.717) is 17.1 Å². The van der Waals surface area contributed by atoms with Crippen LogP contribution in [0.1, 0.15) is 49.7 Å². The van der Waals surface area contributed by atoms with Crippen molar-refractivity contribution in [2.24, 2.45) is 5.92 Å². The third-order valence-corrected chi connectivity index (χ3v) is 6.40. The molecule has 1 amide bonds. The summed E-state index contributed by atoms with van der Waals surface area (Å²) in [6.07, 6.45) is 6.69. The van der Waals surface area contributed by atoms with Crippen LogP contribution in [0.5, 0.6) is 0 Å². The van der Waals surface area contributed by atoms with Crippen molar-refractivity contribution in [2.45, 2.75) is 48.6 Å². The van der Waals surface area contributed by atoms with Gasteiger partial charge in [0.2, 0.25) is 11.0 Å². The average molecular weight is 373 g/mol. The lowest BCUT2D eigenvalue weighted by atomic mass is 10.0. The Morgan fingerprint density at radius 1 is 1.28 bits per heavy atom. The molecule has 1 fully saturated rings. The smallest absolute Gasteiger partial charge is 0.226 e. The summed E-state index contributed by atoms with van der Waals surface area (Å²) in [6.45, 7) is 0. The molecule has 130 valence electrons. The second-order valence-electron chi connectivity index (χ2n) is 6.21. The molecule has 25 heavy (non-hydrogen) atoms. The predicted octanol–water partition coefficient (Wildman–Crippen LogP) is 4.61. The fourth-order valence-electron chi connectivity index (χ4n) is 2.96. The summed E-state index contributed by atoms with van der Waals surface area (Å²) in [6, 6.07) is 9.62. The summed E-state index contributed by atoms with van der Waals surface area (Å²) in [4.78, 5) is 12.0. The number of thioether (sulfide) groups is 1. The van der Waals surface area contributed by atoms with Gasteiger partial charge in [0.1, 0.15) is 0 Å². The second kappa shape index (κ2) is 8.97. The summed E-state index contributed by atoms with van der Waals surface area (Å²) in [7, 11) is 0. The monoisotopic (exact) mass is 372 g/mol. The van der Waals surface area contributed by atoms with Crippen LogP contribution in [0.4, 0.5) is 5.13 Å². The van der Waals surface area contributed by atoms with Crippen molar-refractivity contribution >= 4 is 34.1 Å². The fourth-order valence-corrected chi connectivity index (χ4v) is 4.68. The van der Waals surface area contributed by atoms with Crippen LogP contribution in [0.15, 0.2) is 28.6 Å². The van der Waals surface area contributed by atoms with E-state index in [4.69, 9.17) is 5.26 Å². The lowest BCUT2D eigenvalue weighted by Crippen LogP contribution is -2.12. The molecule has 1 aliphatic carbocycles. The van der Waals surface area contributed by atoms with Gasteiger partial charge in [0, 0.05) is 12.2 Å². The number of aromatic nitrogens is 2. The van der Waals surface area contributed by atoms with Crippen LogP contribution < -0.4 is 5.32 Å². The van der Waals surface area contributed by atoms with Crippen LogP contribution in [0.3, 0.4) is 0 Å². The van der Waals surface area contributed by atoms with Crippen LogP contribution >= 0.6 is 23.1 Å². The van der Waals surface area contributed by atoms with Crippen molar-refractivity contribution in [2.75, 3.05) is 5.32 Å². The van der Waals surface area contributed by atoms with Gasteiger partial charge in [-0.25, -0.2) is 0 Å². The molecule has 0 unspecified atom stereocenters. The van der Waals surface area contributed by atoms with Crippen molar-refractivity contribution in [1.29, 1.82) is 5.26 Å². The van der Waals surface area contributed by atoms with E-state index in [1.807, 2.05) is 24.3 Å². The van der Waals surface area contributed by atoms with Gasteiger partial charge in [0.15, 0.2) is 4.34 Å². The number of hydrogen-bond donors (Lipinski definition) is 1. The highest BCUT2D eigenvalue weighted by atomic mass is 32.2. The normalized spacial score (nSPS) is 14.4. The third-order valence-electron chi connectivity index (χ3n) is 4.35.